The largest absolute Gasteiger partial charge is 0.457 e. The fourth-order valence-electron chi connectivity index (χ4n) is 3.30. The van der Waals surface area contributed by atoms with Gasteiger partial charge in [-0.3, -0.25) is 4.79 Å². The van der Waals surface area contributed by atoms with E-state index in [1.807, 2.05) is 0 Å². The van der Waals surface area contributed by atoms with Crippen molar-refractivity contribution < 1.29 is 41.0 Å². The molecule has 1 aliphatic rings. The molecule has 1 aromatic heterocycles. The van der Waals surface area contributed by atoms with Gasteiger partial charge >= 0.3 is 12.1 Å². The fraction of sp³-hybridized carbons (Fsp3) is 0.579. The number of imidazole rings is 1. The first-order valence-corrected chi connectivity index (χ1v) is 11.3. The zero-order valence-corrected chi connectivity index (χ0v) is 18.4. The quantitative estimate of drug-likeness (QED) is 0.603. The Hall–Kier alpha value is -2.22. The SMILES string of the molecule is CCn1c(COC(=O)C[C@](C)(O)C(F)(F)F)nc2cc(S(=O)(=O)N3CCOCC3)ccc21. The number of carbonyl (C=O) groups is 1. The van der Waals surface area contributed by atoms with Crippen LogP contribution in [0.2, 0.25) is 0 Å². The topological polar surface area (TPSA) is 111 Å². The van der Waals surface area contributed by atoms with E-state index in [4.69, 9.17) is 9.47 Å². The summed E-state index contributed by atoms with van der Waals surface area (Å²) in [5.41, 5.74) is -2.28. The third-order valence-electron chi connectivity index (χ3n) is 5.18. The van der Waals surface area contributed by atoms with E-state index in [2.05, 4.69) is 4.98 Å². The maximum atomic E-state index is 12.9. The van der Waals surface area contributed by atoms with E-state index in [9.17, 15) is 31.5 Å². The van der Waals surface area contributed by atoms with E-state index < -0.39 is 40.8 Å². The molecule has 1 aliphatic heterocycles. The van der Waals surface area contributed by atoms with Gasteiger partial charge in [0.05, 0.1) is 35.6 Å². The zero-order valence-electron chi connectivity index (χ0n) is 17.6. The summed E-state index contributed by atoms with van der Waals surface area (Å²) >= 11 is 0. The van der Waals surface area contributed by atoms with Crippen LogP contribution in [-0.4, -0.2) is 71.4 Å². The predicted molar refractivity (Wildman–Crippen MR) is 106 cm³/mol. The van der Waals surface area contributed by atoms with Crippen LogP contribution in [0.3, 0.4) is 0 Å². The van der Waals surface area contributed by atoms with Crippen LogP contribution >= 0.6 is 0 Å². The third kappa shape index (κ3) is 4.90. The molecule has 1 atom stereocenters. The summed E-state index contributed by atoms with van der Waals surface area (Å²) < 4.78 is 77.1. The number of sulfonamides is 1. The summed E-state index contributed by atoms with van der Waals surface area (Å²) in [6.45, 7) is 3.36. The molecule has 3 rings (SSSR count). The highest BCUT2D eigenvalue weighted by molar-refractivity contribution is 7.89. The molecule has 9 nitrogen and oxygen atoms in total. The number of hydrogen-bond acceptors (Lipinski definition) is 7. The first-order chi connectivity index (χ1) is 14.9. The number of ether oxygens (including phenoxy) is 2. The number of nitrogens with zero attached hydrogens (tertiary/aromatic N) is 3. The molecular weight excluding hydrogens is 455 g/mol. The molecule has 0 spiro atoms. The normalized spacial score (nSPS) is 17.9. The molecule has 0 aliphatic carbocycles. The highest BCUT2D eigenvalue weighted by Gasteiger charge is 2.51. The molecule has 1 aromatic carbocycles. The van der Waals surface area contributed by atoms with Crippen molar-refractivity contribution in [2.45, 2.75) is 50.1 Å². The van der Waals surface area contributed by atoms with Gasteiger partial charge in [-0.1, -0.05) is 0 Å². The summed E-state index contributed by atoms with van der Waals surface area (Å²) in [6, 6.07) is 4.45. The smallest absolute Gasteiger partial charge is 0.417 e. The molecular formula is C19H24F3N3O6S. The minimum absolute atomic E-state index is 0.0532. The molecule has 0 radical (unpaired) electrons. The zero-order chi connectivity index (χ0) is 23.7. The van der Waals surface area contributed by atoms with Gasteiger partial charge in [0, 0.05) is 19.6 Å². The molecule has 2 aromatic rings. The molecule has 1 N–H and O–H groups in total. The van der Waals surface area contributed by atoms with Crippen molar-refractivity contribution in [1.29, 1.82) is 0 Å². The molecule has 13 heteroatoms. The third-order valence-corrected chi connectivity index (χ3v) is 7.08. The van der Waals surface area contributed by atoms with Crippen molar-refractivity contribution in [3.05, 3.63) is 24.0 Å². The molecule has 1 fully saturated rings. The number of aliphatic hydroxyl groups is 1. The molecule has 0 amide bonds. The van der Waals surface area contributed by atoms with Gasteiger partial charge < -0.3 is 19.1 Å². The van der Waals surface area contributed by atoms with Gasteiger partial charge in [-0.15, -0.1) is 0 Å². The number of aromatic nitrogens is 2. The van der Waals surface area contributed by atoms with Crippen molar-refractivity contribution in [3.63, 3.8) is 0 Å². The molecule has 0 bridgehead atoms. The van der Waals surface area contributed by atoms with E-state index in [1.54, 1.807) is 17.6 Å². The van der Waals surface area contributed by atoms with Crippen molar-refractivity contribution in [2.75, 3.05) is 26.3 Å². The molecule has 32 heavy (non-hydrogen) atoms. The second-order valence-corrected chi connectivity index (χ2v) is 9.49. The summed E-state index contributed by atoms with van der Waals surface area (Å²) in [4.78, 5) is 16.2. The Morgan fingerprint density at radius 1 is 1.28 bits per heavy atom. The van der Waals surface area contributed by atoms with Gasteiger partial charge in [-0.25, -0.2) is 13.4 Å². The van der Waals surface area contributed by atoms with Crippen LogP contribution in [0.5, 0.6) is 0 Å². The second kappa shape index (κ2) is 8.96. The van der Waals surface area contributed by atoms with Crippen molar-refractivity contribution in [2.24, 2.45) is 0 Å². The van der Waals surface area contributed by atoms with Crippen LogP contribution < -0.4 is 0 Å². The fourth-order valence-corrected chi connectivity index (χ4v) is 4.72. The van der Waals surface area contributed by atoms with E-state index in [0.29, 0.717) is 37.7 Å². The van der Waals surface area contributed by atoms with Crippen LogP contribution in [-0.2, 0) is 37.4 Å². The number of fused-ring (bicyclic) bond motifs is 1. The molecule has 178 valence electrons. The monoisotopic (exact) mass is 479 g/mol. The lowest BCUT2D eigenvalue weighted by Gasteiger charge is -2.26. The van der Waals surface area contributed by atoms with Crippen LogP contribution in [0.15, 0.2) is 23.1 Å². The molecule has 0 saturated carbocycles. The van der Waals surface area contributed by atoms with E-state index >= 15 is 0 Å². The van der Waals surface area contributed by atoms with Gasteiger partial charge in [0.1, 0.15) is 12.4 Å². The standard InChI is InChI=1S/C19H24F3N3O6S/c1-3-25-15-5-4-13(32(28,29)24-6-8-30-9-7-24)10-14(15)23-16(25)12-31-17(26)11-18(2,27)19(20,21)22/h4-5,10,27H,3,6-9,11-12H2,1-2H3/t18-/m0/s1. The number of carbonyl (C=O) groups excluding carboxylic acids is 1. The maximum absolute atomic E-state index is 12.9. The Bertz CT molecular complexity index is 1090. The minimum Gasteiger partial charge on any atom is -0.457 e. The number of aryl methyl sites for hydroxylation is 1. The van der Waals surface area contributed by atoms with Crippen molar-refractivity contribution in [3.8, 4) is 0 Å². The minimum atomic E-state index is -4.98. The Kier molecular flexibility index (Phi) is 6.84. The number of esters is 1. The van der Waals surface area contributed by atoms with Gasteiger partial charge in [-0.2, -0.15) is 17.5 Å². The predicted octanol–water partition coefficient (Wildman–Crippen LogP) is 1.82. The lowest BCUT2D eigenvalue weighted by atomic mass is 10.0. The number of morpholine rings is 1. The van der Waals surface area contributed by atoms with Gasteiger partial charge in [0.25, 0.3) is 0 Å². The number of halogens is 3. The molecule has 0 unspecified atom stereocenters. The highest BCUT2D eigenvalue weighted by Crippen LogP contribution is 2.33. The highest BCUT2D eigenvalue weighted by atomic mass is 32.2. The van der Waals surface area contributed by atoms with Gasteiger partial charge in [0.2, 0.25) is 10.0 Å². The summed E-state index contributed by atoms with van der Waals surface area (Å²) in [6.07, 6.45) is -6.24. The maximum Gasteiger partial charge on any atom is 0.417 e. The van der Waals surface area contributed by atoms with Crippen LogP contribution in [0.25, 0.3) is 11.0 Å². The molecule has 1 saturated heterocycles. The Labute approximate surface area is 182 Å². The summed E-state index contributed by atoms with van der Waals surface area (Å²) in [7, 11) is -3.74. The average molecular weight is 479 g/mol. The van der Waals surface area contributed by atoms with Crippen molar-refractivity contribution >= 4 is 27.0 Å². The van der Waals surface area contributed by atoms with Crippen molar-refractivity contribution in [1.82, 2.24) is 13.9 Å². The van der Waals surface area contributed by atoms with Crippen LogP contribution in [0, 0.1) is 0 Å². The molecule has 2 heterocycles. The average Bonchev–Trinajstić information content (AvgIpc) is 3.08. The number of rotatable bonds is 7. The Balaban J connectivity index is 1.81. The number of hydrogen-bond donors (Lipinski definition) is 1. The van der Waals surface area contributed by atoms with Gasteiger partial charge in [-0.05, 0) is 32.0 Å². The van der Waals surface area contributed by atoms with E-state index in [-0.39, 0.29) is 23.8 Å². The second-order valence-electron chi connectivity index (χ2n) is 7.55. The first kappa shape index (κ1) is 24.4. The van der Waals surface area contributed by atoms with Crippen LogP contribution in [0.4, 0.5) is 13.2 Å². The number of benzene rings is 1. The Morgan fingerprint density at radius 2 is 1.94 bits per heavy atom. The lowest BCUT2D eigenvalue weighted by molar-refractivity contribution is -0.256. The number of alkyl halides is 3. The van der Waals surface area contributed by atoms with Crippen LogP contribution in [0.1, 0.15) is 26.1 Å². The van der Waals surface area contributed by atoms with E-state index in [1.165, 1.54) is 16.4 Å². The first-order valence-electron chi connectivity index (χ1n) is 9.88. The van der Waals surface area contributed by atoms with Gasteiger partial charge in [0.15, 0.2) is 5.60 Å². The summed E-state index contributed by atoms with van der Waals surface area (Å²) in [5, 5.41) is 9.43. The lowest BCUT2D eigenvalue weighted by Crippen LogP contribution is -2.44. The Morgan fingerprint density at radius 3 is 2.53 bits per heavy atom. The van der Waals surface area contributed by atoms with E-state index in [0.717, 1.165) is 0 Å². The summed E-state index contributed by atoms with van der Waals surface area (Å²) in [5.74, 6) is -0.999.